The van der Waals surface area contributed by atoms with Crippen molar-refractivity contribution in [3.63, 3.8) is 0 Å². The minimum Gasteiger partial charge on any atom is -0.743 e. The van der Waals surface area contributed by atoms with Crippen LogP contribution in [0.15, 0.2) is 0 Å². The van der Waals surface area contributed by atoms with E-state index in [0.717, 1.165) is 0 Å². The van der Waals surface area contributed by atoms with Gasteiger partial charge in [0.15, 0.2) is 16.8 Å². The Morgan fingerprint density at radius 3 is 1.70 bits per heavy atom. The second-order valence-electron chi connectivity index (χ2n) is 1.23. The zero-order valence-corrected chi connectivity index (χ0v) is 6.57. The first kappa shape index (κ1) is 13.1. The molecule has 66 valence electrons. The maximum atomic E-state index is 11.4. The standard InChI is InChI=1S/C2H3F3O3S.Ag/c3-1-2(4,5)9(6,7)8;/h1H2,(H,6,7,8);/q;+1/p-1. The van der Waals surface area contributed by atoms with E-state index < -0.39 is 22.0 Å². The van der Waals surface area contributed by atoms with Crippen molar-refractivity contribution in [2.45, 2.75) is 5.25 Å². The molecule has 0 aliphatic rings. The fourth-order valence-corrected chi connectivity index (χ4v) is 0.200. The Hall–Kier alpha value is 0.440. The third-order valence-electron chi connectivity index (χ3n) is 0.521. The van der Waals surface area contributed by atoms with Gasteiger partial charge < -0.3 is 4.55 Å². The van der Waals surface area contributed by atoms with Gasteiger partial charge >= 0.3 is 27.6 Å². The molecule has 0 fully saturated rings. The molecule has 0 saturated carbocycles. The Bertz CT molecular complexity index is 188. The van der Waals surface area contributed by atoms with Gasteiger partial charge in [0.1, 0.15) is 0 Å². The average molecular weight is 271 g/mol. The summed E-state index contributed by atoms with van der Waals surface area (Å²) in [6.07, 6.45) is 0. The summed E-state index contributed by atoms with van der Waals surface area (Å²) in [6, 6.07) is 0. The predicted molar refractivity (Wildman–Crippen MR) is 20.6 cm³/mol. The van der Waals surface area contributed by atoms with Crippen molar-refractivity contribution in [1.29, 1.82) is 0 Å². The molecule has 0 aromatic heterocycles. The number of rotatable bonds is 2. The molecule has 0 heterocycles. The summed E-state index contributed by atoms with van der Waals surface area (Å²) in [6.45, 7) is -2.47. The summed E-state index contributed by atoms with van der Waals surface area (Å²) < 4.78 is 61.7. The van der Waals surface area contributed by atoms with E-state index in [1.165, 1.54) is 0 Å². The van der Waals surface area contributed by atoms with Gasteiger partial charge in [-0.25, -0.2) is 12.8 Å². The fraction of sp³-hybridized carbons (Fsp3) is 1.00. The summed E-state index contributed by atoms with van der Waals surface area (Å²) in [5.74, 6) is 0. The van der Waals surface area contributed by atoms with Gasteiger partial charge in [0.25, 0.3) is 0 Å². The van der Waals surface area contributed by atoms with Gasteiger partial charge in [-0.1, -0.05) is 0 Å². The monoisotopic (exact) mass is 270 g/mol. The largest absolute Gasteiger partial charge is 1.00 e. The first-order chi connectivity index (χ1) is 3.81. The number of alkyl halides is 3. The van der Waals surface area contributed by atoms with Crippen molar-refractivity contribution in [2.24, 2.45) is 0 Å². The minimum atomic E-state index is -5.81. The molecule has 0 unspecified atom stereocenters. The van der Waals surface area contributed by atoms with E-state index in [2.05, 4.69) is 0 Å². The van der Waals surface area contributed by atoms with Gasteiger partial charge in [-0.3, -0.25) is 0 Å². The number of hydrogen-bond donors (Lipinski definition) is 0. The molecule has 0 aromatic carbocycles. The zero-order chi connectivity index (χ0) is 7.71. The van der Waals surface area contributed by atoms with E-state index in [1.54, 1.807) is 0 Å². The van der Waals surface area contributed by atoms with Crippen LogP contribution in [0.5, 0.6) is 0 Å². The SMILES string of the molecule is O=S(=O)([O-])C(F)(F)CF.[Ag+]. The summed E-state index contributed by atoms with van der Waals surface area (Å²) in [5, 5.41) is -4.77. The topological polar surface area (TPSA) is 57.2 Å². The van der Waals surface area contributed by atoms with Gasteiger partial charge in [0, 0.05) is 0 Å². The van der Waals surface area contributed by atoms with Crippen molar-refractivity contribution in [2.75, 3.05) is 6.67 Å². The van der Waals surface area contributed by atoms with E-state index in [1.807, 2.05) is 0 Å². The van der Waals surface area contributed by atoms with E-state index in [0.29, 0.717) is 0 Å². The van der Waals surface area contributed by atoms with Crippen molar-refractivity contribution in [3.05, 3.63) is 0 Å². The molecule has 0 N–H and O–H groups in total. The Morgan fingerprint density at radius 1 is 1.40 bits per heavy atom. The molecule has 10 heavy (non-hydrogen) atoms. The Balaban J connectivity index is 0. The van der Waals surface area contributed by atoms with Crippen LogP contribution in [0.2, 0.25) is 0 Å². The third-order valence-corrected chi connectivity index (χ3v) is 1.36. The fourth-order valence-electron chi connectivity index (χ4n) is 0.0668. The molecule has 0 spiro atoms. The maximum absolute atomic E-state index is 11.4. The van der Waals surface area contributed by atoms with Crippen LogP contribution >= 0.6 is 0 Å². The molecule has 0 bridgehead atoms. The quantitative estimate of drug-likeness (QED) is 0.528. The molecule has 0 saturated heterocycles. The van der Waals surface area contributed by atoms with Crippen LogP contribution in [0.3, 0.4) is 0 Å². The minimum absolute atomic E-state index is 0. The van der Waals surface area contributed by atoms with Crippen LogP contribution in [-0.2, 0) is 32.5 Å². The summed E-state index contributed by atoms with van der Waals surface area (Å²) in [5.41, 5.74) is 0. The van der Waals surface area contributed by atoms with Crippen LogP contribution in [0, 0.1) is 0 Å². The van der Waals surface area contributed by atoms with E-state index in [4.69, 9.17) is 0 Å². The van der Waals surface area contributed by atoms with Gasteiger partial charge in [-0.05, 0) is 0 Å². The molecule has 0 aromatic rings. The third kappa shape index (κ3) is 3.02. The number of hydrogen-bond acceptors (Lipinski definition) is 3. The normalized spacial score (nSPS) is 12.4. The molecule has 3 nitrogen and oxygen atoms in total. The van der Waals surface area contributed by atoms with Gasteiger partial charge in [0.2, 0.25) is 0 Å². The second kappa shape index (κ2) is 3.72. The van der Waals surface area contributed by atoms with E-state index in [-0.39, 0.29) is 22.4 Å². The second-order valence-corrected chi connectivity index (χ2v) is 2.73. The van der Waals surface area contributed by atoms with E-state index >= 15 is 0 Å². The summed E-state index contributed by atoms with van der Waals surface area (Å²) >= 11 is 0. The smallest absolute Gasteiger partial charge is 0.743 e. The molecular weight excluding hydrogens is 269 g/mol. The van der Waals surface area contributed by atoms with Crippen LogP contribution in [0.25, 0.3) is 0 Å². The maximum Gasteiger partial charge on any atom is 1.00 e. The Labute approximate surface area is 70.9 Å². The van der Waals surface area contributed by atoms with Crippen LogP contribution in [0.4, 0.5) is 13.2 Å². The average Bonchev–Trinajstić information content (AvgIpc) is 1.64. The summed E-state index contributed by atoms with van der Waals surface area (Å²) in [4.78, 5) is 0. The first-order valence-corrected chi connectivity index (χ1v) is 3.11. The van der Waals surface area contributed by atoms with Gasteiger partial charge in [0.05, 0.1) is 0 Å². The molecule has 0 aliphatic carbocycles. The van der Waals surface area contributed by atoms with E-state index in [9.17, 15) is 26.1 Å². The Morgan fingerprint density at radius 2 is 1.70 bits per heavy atom. The zero-order valence-electron chi connectivity index (χ0n) is 4.28. The molecule has 8 heteroatoms. The molecule has 0 atom stereocenters. The van der Waals surface area contributed by atoms with Gasteiger partial charge in [-0.2, -0.15) is 8.78 Å². The van der Waals surface area contributed by atoms with Crippen molar-refractivity contribution < 1.29 is 48.5 Å². The van der Waals surface area contributed by atoms with Gasteiger partial charge in [-0.15, -0.1) is 0 Å². The molecule has 0 radical (unpaired) electrons. The van der Waals surface area contributed by atoms with Crippen LogP contribution in [-0.4, -0.2) is 24.9 Å². The molecule has 0 rings (SSSR count). The molecule has 0 aliphatic heterocycles. The van der Waals surface area contributed by atoms with Crippen molar-refractivity contribution in [3.8, 4) is 0 Å². The number of halogens is 3. The Kier molecular flexibility index (Phi) is 4.86. The predicted octanol–water partition coefficient (Wildman–Crippen LogP) is 0.0914. The molecular formula is C2H2AgF3O3S. The van der Waals surface area contributed by atoms with Crippen LogP contribution in [0.1, 0.15) is 0 Å². The first-order valence-electron chi connectivity index (χ1n) is 1.70. The summed E-state index contributed by atoms with van der Waals surface area (Å²) in [7, 11) is -5.81. The van der Waals surface area contributed by atoms with Crippen molar-refractivity contribution in [1.82, 2.24) is 0 Å². The van der Waals surface area contributed by atoms with Crippen molar-refractivity contribution >= 4 is 10.1 Å². The van der Waals surface area contributed by atoms with Crippen LogP contribution < -0.4 is 0 Å². The molecule has 0 amide bonds.